The van der Waals surface area contributed by atoms with Gasteiger partial charge in [-0.3, -0.25) is 4.79 Å². The number of hydrogen-bond donors (Lipinski definition) is 3. The fourth-order valence-electron chi connectivity index (χ4n) is 0.565. The molecule has 0 bridgehead atoms. The van der Waals surface area contributed by atoms with Crippen molar-refractivity contribution in [1.29, 1.82) is 0 Å². The molecule has 0 spiro atoms. The van der Waals surface area contributed by atoms with Crippen LogP contribution in [0.3, 0.4) is 0 Å². The largest absolute Gasteiger partial charge is 0.394 e. The average molecular weight is 305 g/mol. The lowest BCUT2D eigenvalue weighted by Gasteiger charge is -2.19. The summed E-state index contributed by atoms with van der Waals surface area (Å²) < 4.78 is -0.502. The predicted octanol–water partition coefficient (Wildman–Crippen LogP) is -0.0398. The maximum atomic E-state index is 11.0. The van der Waals surface area contributed by atoms with Crippen molar-refractivity contribution in [3.05, 3.63) is 0 Å². The molecule has 4 nitrogen and oxygen atoms in total. The topological polar surface area (TPSA) is 69.6 Å². The van der Waals surface area contributed by atoms with Gasteiger partial charge in [-0.25, -0.2) is 0 Å². The SMILES string of the molecule is C[C@@H](O)[C@H](CO)NC(=O)C(Br)Br. The molecule has 0 saturated heterocycles. The van der Waals surface area contributed by atoms with E-state index in [0.717, 1.165) is 0 Å². The van der Waals surface area contributed by atoms with Crippen LogP contribution in [0.5, 0.6) is 0 Å². The Balaban J connectivity index is 3.94. The van der Waals surface area contributed by atoms with E-state index in [2.05, 4.69) is 37.2 Å². The van der Waals surface area contributed by atoms with Crippen LogP contribution in [0.2, 0.25) is 0 Å². The smallest absolute Gasteiger partial charge is 0.244 e. The number of hydrogen-bond acceptors (Lipinski definition) is 3. The van der Waals surface area contributed by atoms with E-state index in [4.69, 9.17) is 10.2 Å². The van der Waals surface area contributed by atoms with Gasteiger partial charge in [-0.2, -0.15) is 0 Å². The molecule has 1 amide bonds. The molecule has 0 aromatic rings. The Kier molecular flexibility index (Phi) is 6.08. The fraction of sp³-hybridized carbons (Fsp3) is 0.833. The van der Waals surface area contributed by atoms with Crippen LogP contribution in [0.25, 0.3) is 0 Å². The van der Waals surface area contributed by atoms with Crippen LogP contribution in [-0.2, 0) is 4.79 Å². The Morgan fingerprint density at radius 3 is 2.33 bits per heavy atom. The minimum Gasteiger partial charge on any atom is -0.394 e. The number of carbonyl (C=O) groups excluding carboxylic acids is 1. The van der Waals surface area contributed by atoms with Crippen LogP contribution in [0.15, 0.2) is 0 Å². The van der Waals surface area contributed by atoms with Crippen molar-refractivity contribution < 1.29 is 15.0 Å². The van der Waals surface area contributed by atoms with Gasteiger partial charge in [0.05, 0.1) is 18.8 Å². The van der Waals surface area contributed by atoms with Crippen LogP contribution >= 0.6 is 31.9 Å². The third kappa shape index (κ3) is 4.39. The second-order valence-corrected chi connectivity index (χ2v) is 5.40. The second kappa shape index (κ2) is 5.90. The molecule has 0 fully saturated rings. The zero-order valence-corrected chi connectivity index (χ0v) is 9.67. The van der Waals surface area contributed by atoms with Gasteiger partial charge in [-0.15, -0.1) is 0 Å². The van der Waals surface area contributed by atoms with Gasteiger partial charge in [0.25, 0.3) is 0 Å². The Morgan fingerprint density at radius 1 is 1.58 bits per heavy atom. The first-order chi connectivity index (χ1) is 5.49. The molecule has 2 atom stereocenters. The number of aliphatic hydroxyl groups excluding tert-OH is 2. The van der Waals surface area contributed by atoms with Gasteiger partial charge < -0.3 is 15.5 Å². The normalized spacial score (nSPS) is 15.8. The molecule has 3 N–H and O–H groups in total. The summed E-state index contributed by atoms with van der Waals surface area (Å²) in [5, 5.41) is 20.2. The highest BCUT2D eigenvalue weighted by atomic mass is 79.9. The van der Waals surface area contributed by atoms with E-state index in [1.807, 2.05) is 0 Å². The maximum absolute atomic E-state index is 11.0. The summed E-state index contributed by atoms with van der Waals surface area (Å²) in [7, 11) is 0. The van der Waals surface area contributed by atoms with Crippen molar-refractivity contribution >= 4 is 37.8 Å². The average Bonchev–Trinajstić information content (AvgIpc) is 1.98. The van der Waals surface area contributed by atoms with Crippen LogP contribution in [-0.4, -0.2) is 38.6 Å². The van der Waals surface area contributed by atoms with Crippen LogP contribution in [0.4, 0.5) is 0 Å². The fourth-order valence-corrected chi connectivity index (χ4v) is 0.829. The number of halogens is 2. The van der Waals surface area contributed by atoms with E-state index < -0.39 is 15.9 Å². The van der Waals surface area contributed by atoms with Crippen molar-refractivity contribution in [3.8, 4) is 0 Å². The highest BCUT2D eigenvalue weighted by Crippen LogP contribution is 2.08. The van der Waals surface area contributed by atoms with Gasteiger partial charge in [-0.1, -0.05) is 31.9 Å². The molecule has 6 heteroatoms. The maximum Gasteiger partial charge on any atom is 0.244 e. The summed E-state index contributed by atoms with van der Waals surface area (Å²) in [6, 6.07) is -0.616. The van der Waals surface area contributed by atoms with Crippen molar-refractivity contribution in [2.45, 2.75) is 22.8 Å². The van der Waals surface area contributed by atoms with Gasteiger partial charge in [0.15, 0.2) is 0 Å². The summed E-state index contributed by atoms with van der Waals surface area (Å²) in [6.07, 6.45) is -0.766. The number of rotatable bonds is 4. The molecule has 0 aliphatic heterocycles. The summed E-state index contributed by atoms with van der Waals surface area (Å²) in [5.41, 5.74) is 0. The lowest BCUT2D eigenvalue weighted by Crippen LogP contribution is -2.46. The predicted molar refractivity (Wildman–Crippen MR) is 52.3 cm³/mol. The molecule has 12 heavy (non-hydrogen) atoms. The standard InChI is InChI=1S/C6H11Br2NO3/c1-3(11)4(2-10)9-6(12)5(7)8/h3-5,10-11H,2H2,1H3,(H,9,12)/t3-,4+/m1/s1. The number of carbonyl (C=O) groups is 1. The van der Waals surface area contributed by atoms with Crippen molar-refractivity contribution in [2.24, 2.45) is 0 Å². The number of aliphatic hydroxyl groups is 2. The van der Waals surface area contributed by atoms with Gasteiger partial charge in [-0.05, 0) is 6.92 Å². The van der Waals surface area contributed by atoms with Gasteiger partial charge >= 0.3 is 0 Å². The van der Waals surface area contributed by atoms with Gasteiger partial charge in [0.2, 0.25) is 5.91 Å². The summed E-state index contributed by atoms with van der Waals surface area (Å²) in [4.78, 5) is 11.0. The van der Waals surface area contributed by atoms with E-state index in [9.17, 15) is 4.79 Å². The summed E-state index contributed by atoms with van der Waals surface area (Å²) in [5.74, 6) is -0.324. The molecule has 0 aromatic heterocycles. The lowest BCUT2D eigenvalue weighted by atomic mass is 10.2. The highest BCUT2D eigenvalue weighted by molar-refractivity contribution is 9.25. The molecule has 0 heterocycles. The molecule has 0 saturated carbocycles. The van der Waals surface area contributed by atoms with E-state index in [1.54, 1.807) is 0 Å². The highest BCUT2D eigenvalue weighted by Gasteiger charge is 2.19. The molecule has 0 aliphatic carbocycles. The van der Waals surface area contributed by atoms with Gasteiger partial charge in [0.1, 0.15) is 3.74 Å². The Hall–Kier alpha value is 0.350. The third-order valence-corrected chi connectivity index (χ3v) is 2.14. The first-order valence-electron chi connectivity index (χ1n) is 3.36. The van der Waals surface area contributed by atoms with Crippen LogP contribution < -0.4 is 5.32 Å². The third-order valence-electron chi connectivity index (χ3n) is 1.30. The van der Waals surface area contributed by atoms with Crippen LogP contribution in [0.1, 0.15) is 6.92 Å². The zero-order valence-electron chi connectivity index (χ0n) is 6.50. The number of nitrogens with one attached hydrogen (secondary N) is 1. The minimum absolute atomic E-state index is 0.282. The Labute approximate surface area is 87.6 Å². The molecular weight excluding hydrogens is 294 g/mol. The molecule has 0 radical (unpaired) electrons. The Morgan fingerprint density at radius 2 is 2.08 bits per heavy atom. The van der Waals surface area contributed by atoms with E-state index in [0.29, 0.717) is 0 Å². The zero-order chi connectivity index (χ0) is 9.72. The summed E-state index contributed by atoms with van der Waals surface area (Å²) in [6.45, 7) is 1.22. The Bertz CT molecular complexity index is 152. The molecular formula is C6H11Br2NO3. The molecule has 0 unspecified atom stereocenters. The lowest BCUT2D eigenvalue weighted by molar-refractivity contribution is -0.120. The second-order valence-electron chi connectivity index (χ2n) is 2.34. The first kappa shape index (κ1) is 12.3. The van der Waals surface area contributed by atoms with Gasteiger partial charge in [0, 0.05) is 0 Å². The number of alkyl halides is 2. The van der Waals surface area contributed by atoms with E-state index >= 15 is 0 Å². The minimum atomic E-state index is -0.766. The summed E-state index contributed by atoms with van der Waals surface area (Å²) >= 11 is 5.98. The van der Waals surface area contributed by atoms with E-state index in [-0.39, 0.29) is 12.5 Å². The quantitative estimate of drug-likeness (QED) is 0.638. The molecule has 0 aliphatic rings. The molecule has 0 aromatic carbocycles. The molecule has 0 rings (SSSR count). The van der Waals surface area contributed by atoms with E-state index in [1.165, 1.54) is 6.92 Å². The number of amides is 1. The van der Waals surface area contributed by atoms with Crippen molar-refractivity contribution in [2.75, 3.05) is 6.61 Å². The monoisotopic (exact) mass is 303 g/mol. The molecule has 72 valence electrons. The van der Waals surface area contributed by atoms with Crippen molar-refractivity contribution in [1.82, 2.24) is 5.32 Å². The van der Waals surface area contributed by atoms with Crippen molar-refractivity contribution in [3.63, 3.8) is 0 Å². The van der Waals surface area contributed by atoms with Crippen LogP contribution in [0, 0.1) is 0 Å². The first-order valence-corrected chi connectivity index (χ1v) is 5.19.